The molecule has 2 unspecified atom stereocenters. The molecule has 0 fully saturated rings. The zero-order valence-electron chi connectivity index (χ0n) is 10.9. The van der Waals surface area contributed by atoms with Gasteiger partial charge in [0.25, 0.3) is 5.56 Å². The first-order valence-corrected chi connectivity index (χ1v) is 7.39. The summed E-state index contributed by atoms with van der Waals surface area (Å²) in [7, 11) is -1.45. The summed E-state index contributed by atoms with van der Waals surface area (Å²) in [5.41, 5.74) is -0.207. The number of carboxylic acids is 1. The maximum atomic E-state index is 11.8. The third-order valence-corrected chi connectivity index (χ3v) is 3.83. The van der Waals surface area contributed by atoms with E-state index in [1.54, 1.807) is 18.3 Å². The number of carbonyl (C=O) groups is 2. The molecule has 2 N–H and O–H groups in total. The van der Waals surface area contributed by atoms with Gasteiger partial charge in [-0.25, -0.2) is 4.79 Å². The standard InChI is InChI=1S/C12H16N2O5S/c1-9(15)13-10(12(17)18)8-20(19)7-6-14-5-3-2-4-11(14)16/h2-5,10H,6-8H2,1H3,(H,13,15)(H,17,18). The summed E-state index contributed by atoms with van der Waals surface area (Å²) >= 11 is 0. The normalized spacial score (nSPS) is 13.4. The lowest BCUT2D eigenvalue weighted by atomic mass is 10.3. The number of aliphatic carboxylic acids is 1. The van der Waals surface area contributed by atoms with Gasteiger partial charge in [0, 0.05) is 42.3 Å². The molecule has 0 spiro atoms. The van der Waals surface area contributed by atoms with E-state index in [4.69, 9.17) is 5.11 Å². The molecule has 1 amide bonds. The van der Waals surface area contributed by atoms with Gasteiger partial charge in [0.2, 0.25) is 5.91 Å². The molecular formula is C12H16N2O5S. The highest BCUT2D eigenvalue weighted by molar-refractivity contribution is 7.85. The Hall–Kier alpha value is -1.96. The van der Waals surface area contributed by atoms with Gasteiger partial charge in [-0.2, -0.15) is 0 Å². The summed E-state index contributed by atoms with van der Waals surface area (Å²) in [5, 5.41) is 11.1. The molecule has 0 bridgehead atoms. The number of aryl methyl sites for hydroxylation is 1. The molecule has 0 aliphatic heterocycles. The van der Waals surface area contributed by atoms with Crippen molar-refractivity contribution in [2.24, 2.45) is 0 Å². The number of nitrogens with one attached hydrogen (secondary N) is 1. The number of nitrogens with zero attached hydrogens (tertiary/aromatic N) is 1. The lowest BCUT2D eigenvalue weighted by molar-refractivity contribution is -0.140. The molecule has 1 aromatic heterocycles. The molecule has 2 atom stereocenters. The molecule has 1 heterocycles. The maximum absolute atomic E-state index is 11.8. The van der Waals surface area contributed by atoms with Crippen molar-refractivity contribution >= 4 is 22.7 Å². The van der Waals surface area contributed by atoms with Crippen molar-refractivity contribution in [3.63, 3.8) is 0 Å². The van der Waals surface area contributed by atoms with Crippen LogP contribution in [0.3, 0.4) is 0 Å². The molecule has 0 aromatic carbocycles. The predicted octanol–water partition coefficient (Wildman–Crippen LogP) is -0.814. The fourth-order valence-corrected chi connectivity index (χ4v) is 2.70. The molecule has 1 rings (SSSR count). The van der Waals surface area contributed by atoms with Crippen LogP contribution in [0.15, 0.2) is 29.2 Å². The van der Waals surface area contributed by atoms with E-state index < -0.39 is 28.7 Å². The number of amides is 1. The number of pyridine rings is 1. The summed E-state index contributed by atoms with van der Waals surface area (Å²) in [5.74, 6) is -1.76. The van der Waals surface area contributed by atoms with Crippen molar-refractivity contribution in [1.29, 1.82) is 0 Å². The molecule has 0 radical (unpaired) electrons. The Kier molecular flexibility index (Phi) is 6.10. The number of hydrogen-bond donors (Lipinski definition) is 2. The van der Waals surface area contributed by atoms with E-state index in [-0.39, 0.29) is 23.6 Å². The fraction of sp³-hybridized carbons (Fsp3) is 0.417. The van der Waals surface area contributed by atoms with Crippen LogP contribution < -0.4 is 10.9 Å². The van der Waals surface area contributed by atoms with E-state index in [1.807, 2.05) is 0 Å². The molecule has 110 valence electrons. The van der Waals surface area contributed by atoms with Crippen LogP contribution in [0.4, 0.5) is 0 Å². The highest BCUT2D eigenvalue weighted by Crippen LogP contribution is 1.94. The number of carboxylic acid groups (broad SMARTS) is 1. The third-order valence-electron chi connectivity index (χ3n) is 2.49. The average Bonchev–Trinajstić information content (AvgIpc) is 2.36. The Bertz CT molecular complexity index is 569. The van der Waals surface area contributed by atoms with E-state index in [0.29, 0.717) is 0 Å². The van der Waals surface area contributed by atoms with Gasteiger partial charge in [0.1, 0.15) is 6.04 Å². The van der Waals surface area contributed by atoms with Crippen LogP contribution in [0, 0.1) is 0 Å². The number of rotatable bonds is 7. The lowest BCUT2D eigenvalue weighted by Crippen LogP contribution is -2.43. The van der Waals surface area contributed by atoms with Gasteiger partial charge in [0.05, 0.1) is 5.75 Å². The summed E-state index contributed by atoms with van der Waals surface area (Å²) < 4.78 is 13.2. The van der Waals surface area contributed by atoms with Crippen molar-refractivity contribution in [3.8, 4) is 0 Å². The molecule has 20 heavy (non-hydrogen) atoms. The maximum Gasteiger partial charge on any atom is 0.327 e. The number of aromatic nitrogens is 1. The van der Waals surface area contributed by atoms with Gasteiger partial charge < -0.3 is 15.0 Å². The monoisotopic (exact) mass is 300 g/mol. The summed E-state index contributed by atoms with van der Waals surface area (Å²) in [6.45, 7) is 1.43. The highest BCUT2D eigenvalue weighted by atomic mass is 32.2. The molecule has 0 saturated heterocycles. The zero-order valence-corrected chi connectivity index (χ0v) is 11.8. The van der Waals surface area contributed by atoms with Crippen molar-refractivity contribution < 1.29 is 18.9 Å². The van der Waals surface area contributed by atoms with Crippen molar-refractivity contribution in [2.75, 3.05) is 11.5 Å². The smallest absolute Gasteiger partial charge is 0.327 e. The molecule has 1 aromatic rings. The van der Waals surface area contributed by atoms with Crippen LogP contribution in [0.2, 0.25) is 0 Å². The van der Waals surface area contributed by atoms with E-state index in [0.717, 1.165) is 0 Å². The molecule has 0 aliphatic rings. The Balaban J connectivity index is 2.54. The second-order valence-corrected chi connectivity index (χ2v) is 5.76. The SMILES string of the molecule is CC(=O)NC(CS(=O)CCn1ccccc1=O)C(=O)O. The first-order chi connectivity index (χ1) is 9.40. The van der Waals surface area contributed by atoms with Crippen LogP contribution in [0.1, 0.15) is 6.92 Å². The molecule has 7 nitrogen and oxygen atoms in total. The van der Waals surface area contributed by atoms with Gasteiger partial charge in [-0.1, -0.05) is 6.07 Å². The van der Waals surface area contributed by atoms with Gasteiger partial charge >= 0.3 is 5.97 Å². The topological polar surface area (TPSA) is 105 Å². The van der Waals surface area contributed by atoms with Gasteiger partial charge in [-0.15, -0.1) is 0 Å². The Morgan fingerprint density at radius 1 is 1.45 bits per heavy atom. The second kappa shape index (κ2) is 7.59. The fourth-order valence-electron chi connectivity index (χ4n) is 1.53. The van der Waals surface area contributed by atoms with Crippen LogP contribution in [-0.4, -0.2) is 43.3 Å². The number of hydrogen-bond acceptors (Lipinski definition) is 4. The molecule has 8 heteroatoms. The van der Waals surface area contributed by atoms with Crippen LogP contribution in [-0.2, 0) is 26.9 Å². The highest BCUT2D eigenvalue weighted by Gasteiger charge is 2.21. The van der Waals surface area contributed by atoms with Gasteiger partial charge in [-0.05, 0) is 6.07 Å². The molecular weight excluding hydrogens is 284 g/mol. The summed E-state index contributed by atoms with van der Waals surface area (Å²) in [6.07, 6.45) is 1.57. The Labute approximate surface area is 118 Å². The average molecular weight is 300 g/mol. The van der Waals surface area contributed by atoms with Crippen LogP contribution >= 0.6 is 0 Å². The van der Waals surface area contributed by atoms with Gasteiger partial charge in [-0.3, -0.25) is 13.8 Å². The minimum absolute atomic E-state index is 0.146. The van der Waals surface area contributed by atoms with E-state index >= 15 is 0 Å². The van der Waals surface area contributed by atoms with E-state index in [1.165, 1.54) is 17.6 Å². The third kappa shape index (κ3) is 5.35. The second-order valence-electron chi connectivity index (χ2n) is 4.13. The first-order valence-electron chi connectivity index (χ1n) is 5.90. The van der Waals surface area contributed by atoms with Crippen molar-refractivity contribution in [3.05, 3.63) is 34.7 Å². The van der Waals surface area contributed by atoms with Crippen molar-refractivity contribution in [1.82, 2.24) is 9.88 Å². The first kappa shape index (κ1) is 16.1. The van der Waals surface area contributed by atoms with E-state index in [2.05, 4.69) is 5.32 Å². The van der Waals surface area contributed by atoms with Gasteiger partial charge in [0.15, 0.2) is 0 Å². The summed E-state index contributed by atoms with van der Waals surface area (Å²) in [6, 6.07) is 3.50. The lowest BCUT2D eigenvalue weighted by Gasteiger charge is -2.13. The van der Waals surface area contributed by atoms with Crippen LogP contribution in [0.5, 0.6) is 0 Å². The molecule has 0 saturated carbocycles. The summed E-state index contributed by atoms with van der Waals surface area (Å²) in [4.78, 5) is 33.2. The Morgan fingerprint density at radius 3 is 2.70 bits per heavy atom. The van der Waals surface area contributed by atoms with E-state index in [9.17, 15) is 18.6 Å². The minimum Gasteiger partial charge on any atom is -0.480 e. The Morgan fingerprint density at radius 2 is 2.15 bits per heavy atom. The predicted molar refractivity (Wildman–Crippen MR) is 73.8 cm³/mol. The molecule has 0 aliphatic carbocycles. The largest absolute Gasteiger partial charge is 0.480 e. The quantitative estimate of drug-likeness (QED) is 0.685. The number of carbonyl (C=O) groups excluding carboxylic acids is 1. The van der Waals surface area contributed by atoms with Crippen molar-refractivity contribution in [2.45, 2.75) is 19.5 Å². The zero-order chi connectivity index (χ0) is 15.1. The van der Waals surface area contributed by atoms with Crippen LogP contribution in [0.25, 0.3) is 0 Å². The minimum atomic E-state index is -1.45.